The minimum atomic E-state index is -0.421. The van der Waals surface area contributed by atoms with Crippen LogP contribution >= 0.6 is 11.3 Å². The number of hydrogen-bond acceptors (Lipinski definition) is 5. The number of nitrogens with zero attached hydrogens (tertiary/aromatic N) is 1. The fourth-order valence-corrected chi connectivity index (χ4v) is 3.08. The van der Waals surface area contributed by atoms with Crippen LogP contribution in [0, 0.1) is 5.82 Å². The third-order valence-corrected chi connectivity index (χ3v) is 4.60. The first kappa shape index (κ1) is 19.4. The van der Waals surface area contributed by atoms with Gasteiger partial charge in [-0.05, 0) is 55.5 Å². The number of nitrogens with one attached hydrogen (secondary N) is 2. The molecule has 0 saturated heterocycles. The SMILES string of the molecule is CC(=O)c1ccc(NC(=O)Cc2csc(NC(=O)c3ccc(F)cc3)n2)cc1. The Balaban J connectivity index is 1.56. The van der Waals surface area contributed by atoms with Gasteiger partial charge in [0.15, 0.2) is 10.9 Å². The summed E-state index contributed by atoms with van der Waals surface area (Å²) < 4.78 is 12.9. The predicted octanol–water partition coefficient (Wildman–Crippen LogP) is 3.92. The molecule has 6 nitrogen and oxygen atoms in total. The van der Waals surface area contributed by atoms with Gasteiger partial charge in [-0.2, -0.15) is 0 Å². The Labute approximate surface area is 164 Å². The zero-order valence-corrected chi connectivity index (χ0v) is 15.7. The molecule has 3 rings (SSSR count). The van der Waals surface area contributed by atoms with Crippen molar-refractivity contribution in [1.82, 2.24) is 4.98 Å². The van der Waals surface area contributed by atoms with E-state index in [2.05, 4.69) is 15.6 Å². The van der Waals surface area contributed by atoms with E-state index >= 15 is 0 Å². The summed E-state index contributed by atoms with van der Waals surface area (Å²) in [6.45, 7) is 1.47. The Morgan fingerprint density at radius 1 is 0.964 bits per heavy atom. The minimum Gasteiger partial charge on any atom is -0.326 e. The first-order valence-electron chi connectivity index (χ1n) is 8.33. The first-order valence-corrected chi connectivity index (χ1v) is 9.21. The molecular formula is C20H16FN3O3S. The van der Waals surface area contributed by atoms with Crippen molar-refractivity contribution in [3.8, 4) is 0 Å². The molecule has 8 heteroatoms. The largest absolute Gasteiger partial charge is 0.326 e. The number of carbonyl (C=O) groups excluding carboxylic acids is 3. The average Bonchev–Trinajstić information content (AvgIpc) is 3.09. The lowest BCUT2D eigenvalue weighted by molar-refractivity contribution is -0.115. The van der Waals surface area contributed by atoms with Crippen LogP contribution in [-0.4, -0.2) is 22.6 Å². The smallest absolute Gasteiger partial charge is 0.257 e. The third-order valence-electron chi connectivity index (χ3n) is 3.80. The molecule has 2 amide bonds. The van der Waals surface area contributed by atoms with Crippen LogP contribution in [0.2, 0.25) is 0 Å². The summed E-state index contributed by atoms with van der Waals surface area (Å²) in [5.74, 6) is -1.14. The maximum absolute atomic E-state index is 12.9. The number of benzene rings is 2. The molecule has 0 atom stereocenters. The van der Waals surface area contributed by atoms with Gasteiger partial charge in [-0.3, -0.25) is 19.7 Å². The van der Waals surface area contributed by atoms with Crippen LogP contribution in [0.4, 0.5) is 15.2 Å². The van der Waals surface area contributed by atoms with Crippen LogP contribution in [0.1, 0.15) is 33.3 Å². The van der Waals surface area contributed by atoms with Crippen LogP contribution in [0.25, 0.3) is 0 Å². The van der Waals surface area contributed by atoms with Gasteiger partial charge in [0, 0.05) is 22.2 Å². The van der Waals surface area contributed by atoms with Gasteiger partial charge in [-0.1, -0.05) is 0 Å². The molecule has 0 unspecified atom stereocenters. The second-order valence-corrected chi connectivity index (χ2v) is 6.82. The minimum absolute atomic E-state index is 0.0391. The lowest BCUT2D eigenvalue weighted by atomic mass is 10.1. The number of anilines is 2. The van der Waals surface area contributed by atoms with Crippen molar-refractivity contribution in [3.05, 3.63) is 76.5 Å². The molecular weight excluding hydrogens is 381 g/mol. The van der Waals surface area contributed by atoms with E-state index in [1.807, 2.05) is 0 Å². The van der Waals surface area contributed by atoms with E-state index in [1.165, 1.54) is 42.5 Å². The van der Waals surface area contributed by atoms with E-state index in [1.54, 1.807) is 29.6 Å². The van der Waals surface area contributed by atoms with Crippen LogP contribution in [0.15, 0.2) is 53.9 Å². The van der Waals surface area contributed by atoms with E-state index in [0.29, 0.717) is 27.6 Å². The molecule has 0 spiro atoms. The number of thiazole rings is 1. The van der Waals surface area contributed by atoms with Crippen LogP contribution < -0.4 is 10.6 Å². The number of rotatable bonds is 6. The molecule has 0 aliphatic heterocycles. The number of ketones is 1. The summed E-state index contributed by atoms with van der Waals surface area (Å²) in [4.78, 5) is 39.7. The number of halogens is 1. The summed E-state index contributed by atoms with van der Waals surface area (Å²) in [5, 5.41) is 7.38. The molecule has 0 saturated carbocycles. The van der Waals surface area contributed by atoms with Crippen molar-refractivity contribution < 1.29 is 18.8 Å². The van der Waals surface area contributed by atoms with Crippen molar-refractivity contribution >= 4 is 39.8 Å². The topological polar surface area (TPSA) is 88.2 Å². The zero-order valence-electron chi connectivity index (χ0n) is 14.9. The third kappa shape index (κ3) is 5.08. The molecule has 28 heavy (non-hydrogen) atoms. The summed E-state index contributed by atoms with van der Waals surface area (Å²) in [5.41, 5.74) is 1.97. The highest BCUT2D eigenvalue weighted by Crippen LogP contribution is 2.18. The van der Waals surface area contributed by atoms with E-state index in [4.69, 9.17) is 0 Å². The Hall–Kier alpha value is -3.39. The van der Waals surface area contributed by atoms with Gasteiger partial charge in [0.1, 0.15) is 5.82 Å². The molecule has 0 bridgehead atoms. The lowest BCUT2D eigenvalue weighted by Gasteiger charge is -2.05. The van der Waals surface area contributed by atoms with Gasteiger partial charge >= 0.3 is 0 Å². The molecule has 0 aliphatic carbocycles. The van der Waals surface area contributed by atoms with Crippen LogP contribution in [-0.2, 0) is 11.2 Å². The quantitative estimate of drug-likeness (QED) is 0.617. The average molecular weight is 397 g/mol. The van der Waals surface area contributed by atoms with Gasteiger partial charge in [-0.25, -0.2) is 9.37 Å². The molecule has 0 fully saturated rings. The molecule has 0 radical (unpaired) electrons. The molecule has 2 N–H and O–H groups in total. The normalized spacial score (nSPS) is 10.4. The fraction of sp³-hybridized carbons (Fsp3) is 0.100. The molecule has 1 heterocycles. The predicted molar refractivity (Wildman–Crippen MR) is 105 cm³/mol. The number of Topliss-reactive ketones (excluding diaryl/α,β-unsaturated/α-hetero) is 1. The Morgan fingerprint density at radius 2 is 1.61 bits per heavy atom. The second kappa shape index (κ2) is 8.53. The molecule has 0 aliphatic rings. The van der Waals surface area contributed by atoms with E-state index in [9.17, 15) is 18.8 Å². The Kier molecular flexibility index (Phi) is 5.90. The van der Waals surface area contributed by atoms with Gasteiger partial charge in [0.05, 0.1) is 12.1 Å². The number of amides is 2. The van der Waals surface area contributed by atoms with Crippen molar-refractivity contribution in [3.63, 3.8) is 0 Å². The maximum atomic E-state index is 12.9. The second-order valence-electron chi connectivity index (χ2n) is 5.96. The summed E-state index contributed by atoms with van der Waals surface area (Å²) in [7, 11) is 0. The molecule has 142 valence electrons. The Morgan fingerprint density at radius 3 is 2.25 bits per heavy atom. The summed E-state index contributed by atoms with van der Waals surface area (Å²) in [6.07, 6.45) is 0.0391. The van der Waals surface area contributed by atoms with Crippen LogP contribution in [0.5, 0.6) is 0 Å². The molecule has 1 aromatic heterocycles. The van der Waals surface area contributed by atoms with E-state index in [-0.39, 0.29) is 18.1 Å². The summed E-state index contributed by atoms with van der Waals surface area (Å²) >= 11 is 1.19. The van der Waals surface area contributed by atoms with Gasteiger partial charge in [-0.15, -0.1) is 11.3 Å². The molecule has 3 aromatic rings. The number of aromatic nitrogens is 1. The summed E-state index contributed by atoms with van der Waals surface area (Å²) in [6, 6.07) is 11.8. The van der Waals surface area contributed by atoms with Crippen LogP contribution in [0.3, 0.4) is 0 Å². The van der Waals surface area contributed by atoms with Gasteiger partial charge in [0.2, 0.25) is 5.91 Å². The lowest BCUT2D eigenvalue weighted by Crippen LogP contribution is -2.15. The van der Waals surface area contributed by atoms with Crippen molar-refractivity contribution in [2.75, 3.05) is 10.6 Å². The van der Waals surface area contributed by atoms with Crippen molar-refractivity contribution in [2.45, 2.75) is 13.3 Å². The molecule has 2 aromatic carbocycles. The highest BCUT2D eigenvalue weighted by Gasteiger charge is 2.12. The standard InChI is InChI=1S/C20H16FN3O3S/c1-12(25)13-4-8-16(9-5-13)22-18(26)10-17-11-28-20(23-17)24-19(27)14-2-6-15(21)7-3-14/h2-9,11H,10H2,1H3,(H,22,26)(H,23,24,27). The first-order chi connectivity index (χ1) is 13.4. The van der Waals surface area contributed by atoms with E-state index in [0.717, 1.165) is 0 Å². The van der Waals surface area contributed by atoms with Gasteiger partial charge < -0.3 is 5.32 Å². The van der Waals surface area contributed by atoms with Crippen molar-refractivity contribution in [1.29, 1.82) is 0 Å². The number of hydrogen-bond donors (Lipinski definition) is 2. The number of carbonyl (C=O) groups is 3. The highest BCUT2D eigenvalue weighted by molar-refractivity contribution is 7.14. The fourth-order valence-electron chi connectivity index (χ4n) is 2.37. The highest BCUT2D eigenvalue weighted by atomic mass is 32.1. The monoisotopic (exact) mass is 397 g/mol. The van der Waals surface area contributed by atoms with Crippen molar-refractivity contribution in [2.24, 2.45) is 0 Å². The van der Waals surface area contributed by atoms with E-state index < -0.39 is 11.7 Å². The maximum Gasteiger partial charge on any atom is 0.257 e. The zero-order chi connectivity index (χ0) is 20.1. The Bertz CT molecular complexity index is 1010. The van der Waals surface area contributed by atoms with Gasteiger partial charge in [0.25, 0.3) is 5.91 Å².